The van der Waals surface area contributed by atoms with Crippen LogP contribution in [0.15, 0.2) is 0 Å². The van der Waals surface area contributed by atoms with Crippen molar-refractivity contribution in [3.8, 4) is 12.3 Å². The Hall–Kier alpha value is -0.520. The normalized spacial score (nSPS) is 13.3. The summed E-state index contributed by atoms with van der Waals surface area (Å²) in [7, 11) is 2.06. The highest BCUT2D eigenvalue weighted by Gasteiger charge is 2.05. The lowest BCUT2D eigenvalue weighted by Crippen LogP contribution is -2.34. The fourth-order valence-corrected chi connectivity index (χ4v) is 1.25. The fraction of sp³-hybridized carbons (Fsp3) is 0.818. The van der Waals surface area contributed by atoms with Crippen molar-refractivity contribution in [1.29, 1.82) is 0 Å². The van der Waals surface area contributed by atoms with Gasteiger partial charge in [0, 0.05) is 12.6 Å². The molecule has 2 nitrogen and oxygen atoms in total. The molecule has 1 N–H and O–H groups in total. The lowest BCUT2D eigenvalue weighted by atomic mass is 10.1. The molecule has 0 radical (unpaired) electrons. The van der Waals surface area contributed by atoms with Crippen LogP contribution in [-0.4, -0.2) is 37.6 Å². The molecule has 0 aliphatic heterocycles. The predicted octanol–water partition coefficient (Wildman–Crippen LogP) is 1.19. The van der Waals surface area contributed by atoms with E-state index in [9.17, 15) is 0 Å². The van der Waals surface area contributed by atoms with E-state index >= 15 is 0 Å². The lowest BCUT2D eigenvalue weighted by Gasteiger charge is -2.20. The Balaban J connectivity index is 3.50. The summed E-state index contributed by atoms with van der Waals surface area (Å²) in [4.78, 5) is 2.17. The van der Waals surface area contributed by atoms with E-state index in [0.29, 0.717) is 12.0 Å². The van der Waals surface area contributed by atoms with Crippen molar-refractivity contribution in [3.05, 3.63) is 0 Å². The van der Waals surface area contributed by atoms with Crippen molar-refractivity contribution in [2.45, 2.75) is 26.8 Å². The van der Waals surface area contributed by atoms with Gasteiger partial charge in [-0.3, -0.25) is 4.90 Å². The molecule has 1 unspecified atom stereocenters. The van der Waals surface area contributed by atoms with E-state index in [1.54, 1.807) is 0 Å². The molecule has 13 heavy (non-hydrogen) atoms. The van der Waals surface area contributed by atoms with Crippen LogP contribution in [-0.2, 0) is 0 Å². The van der Waals surface area contributed by atoms with Gasteiger partial charge in [-0.2, -0.15) is 0 Å². The molecule has 0 amide bonds. The minimum absolute atomic E-state index is 0.570. The highest BCUT2D eigenvalue weighted by Crippen LogP contribution is 1.96. The van der Waals surface area contributed by atoms with Crippen LogP contribution in [0.2, 0.25) is 0 Å². The molecule has 0 rings (SSSR count). The van der Waals surface area contributed by atoms with Crippen LogP contribution in [0.3, 0.4) is 0 Å². The van der Waals surface area contributed by atoms with E-state index in [1.807, 2.05) is 0 Å². The van der Waals surface area contributed by atoms with Crippen LogP contribution in [0.4, 0.5) is 0 Å². The second-order valence-corrected chi connectivity index (χ2v) is 4.07. The number of hydrogen-bond acceptors (Lipinski definition) is 2. The molecule has 0 aromatic heterocycles. The number of hydrogen-bond donors (Lipinski definition) is 1. The molecule has 0 aromatic rings. The van der Waals surface area contributed by atoms with Gasteiger partial charge in [0.05, 0.1) is 6.54 Å². The molecular formula is C11H22N2. The van der Waals surface area contributed by atoms with Crippen molar-refractivity contribution in [2.24, 2.45) is 5.92 Å². The first-order valence-corrected chi connectivity index (χ1v) is 4.91. The SMILES string of the molecule is C#CCN(C)CC(C)CNC(C)C. The second kappa shape index (κ2) is 6.94. The molecule has 0 aliphatic rings. The van der Waals surface area contributed by atoms with Gasteiger partial charge in [0.25, 0.3) is 0 Å². The fourth-order valence-electron chi connectivity index (χ4n) is 1.25. The van der Waals surface area contributed by atoms with Crippen LogP contribution < -0.4 is 5.32 Å². The molecule has 0 heterocycles. The van der Waals surface area contributed by atoms with E-state index in [1.165, 1.54) is 0 Å². The minimum Gasteiger partial charge on any atom is -0.314 e. The zero-order valence-corrected chi connectivity index (χ0v) is 9.30. The zero-order valence-electron chi connectivity index (χ0n) is 9.30. The Kier molecular flexibility index (Phi) is 6.66. The third kappa shape index (κ3) is 7.83. The maximum absolute atomic E-state index is 5.22. The summed E-state index contributed by atoms with van der Waals surface area (Å²) >= 11 is 0. The van der Waals surface area contributed by atoms with E-state index in [0.717, 1.165) is 19.6 Å². The average molecular weight is 182 g/mol. The van der Waals surface area contributed by atoms with Gasteiger partial charge in [-0.1, -0.05) is 26.7 Å². The standard InChI is InChI=1S/C11H22N2/c1-6-7-13(5)9-11(4)8-12-10(2)3/h1,10-12H,7-9H2,2-5H3. The van der Waals surface area contributed by atoms with Gasteiger partial charge in [-0.05, 0) is 19.5 Å². The number of nitrogens with one attached hydrogen (secondary N) is 1. The molecule has 0 fully saturated rings. The molecule has 76 valence electrons. The number of nitrogens with zero attached hydrogens (tertiary/aromatic N) is 1. The van der Waals surface area contributed by atoms with Crippen LogP contribution in [0, 0.1) is 18.3 Å². The Morgan fingerprint density at radius 3 is 2.46 bits per heavy atom. The van der Waals surface area contributed by atoms with Crippen molar-refractivity contribution in [3.63, 3.8) is 0 Å². The van der Waals surface area contributed by atoms with Gasteiger partial charge in [-0.15, -0.1) is 6.42 Å². The minimum atomic E-state index is 0.570. The zero-order chi connectivity index (χ0) is 10.3. The van der Waals surface area contributed by atoms with E-state index in [-0.39, 0.29) is 0 Å². The first kappa shape index (κ1) is 12.5. The summed E-state index contributed by atoms with van der Waals surface area (Å²) in [6.45, 7) is 9.43. The Morgan fingerprint density at radius 2 is 2.00 bits per heavy atom. The number of rotatable bonds is 6. The Bertz CT molecular complexity index is 158. The molecule has 0 aliphatic carbocycles. The Morgan fingerprint density at radius 1 is 1.38 bits per heavy atom. The topological polar surface area (TPSA) is 15.3 Å². The molecule has 0 bridgehead atoms. The summed E-state index contributed by atoms with van der Waals surface area (Å²) in [6.07, 6.45) is 5.22. The van der Waals surface area contributed by atoms with Crippen molar-refractivity contribution >= 4 is 0 Å². The third-order valence-electron chi connectivity index (χ3n) is 1.86. The monoisotopic (exact) mass is 182 g/mol. The molecule has 2 heteroatoms. The van der Waals surface area contributed by atoms with E-state index in [4.69, 9.17) is 6.42 Å². The van der Waals surface area contributed by atoms with E-state index in [2.05, 4.69) is 44.0 Å². The van der Waals surface area contributed by atoms with Gasteiger partial charge in [0.2, 0.25) is 0 Å². The van der Waals surface area contributed by atoms with Gasteiger partial charge in [-0.25, -0.2) is 0 Å². The summed E-state index contributed by atoms with van der Waals surface area (Å²) in [5, 5.41) is 3.41. The van der Waals surface area contributed by atoms with Gasteiger partial charge >= 0.3 is 0 Å². The largest absolute Gasteiger partial charge is 0.314 e. The van der Waals surface area contributed by atoms with Crippen LogP contribution in [0.25, 0.3) is 0 Å². The smallest absolute Gasteiger partial charge is 0.0596 e. The van der Waals surface area contributed by atoms with Gasteiger partial charge < -0.3 is 5.32 Å². The van der Waals surface area contributed by atoms with Crippen LogP contribution in [0.5, 0.6) is 0 Å². The first-order chi connectivity index (χ1) is 6.06. The highest BCUT2D eigenvalue weighted by molar-refractivity contribution is 4.87. The highest BCUT2D eigenvalue weighted by atomic mass is 15.1. The third-order valence-corrected chi connectivity index (χ3v) is 1.86. The molecule has 1 atom stereocenters. The van der Waals surface area contributed by atoms with Gasteiger partial charge in [0.1, 0.15) is 0 Å². The van der Waals surface area contributed by atoms with Gasteiger partial charge in [0.15, 0.2) is 0 Å². The summed E-state index contributed by atoms with van der Waals surface area (Å²) in [6, 6.07) is 0.570. The molecule has 0 spiro atoms. The maximum atomic E-state index is 5.22. The van der Waals surface area contributed by atoms with Crippen molar-refractivity contribution in [2.75, 3.05) is 26.7 Å². The van der Waals surface area contributed by atoms with Crippen molar-refractivity contribution in [1.82, 2.24) is 10.2 Å². The summed E-state index contributed by atoms with van der Waals surface area (Å²) < 4.78 is 0. The van der Waals surface area contributed by atoms with Crippen LogP contribution in [0.1, 0.15) is 20.8 Å². The van der Waals surface area contributed by atoms with Crippen LogP contribution >= 0.6 is 0 Å². The first-order valence-electron chi connectivity index (χ1n) is 4.91. The molecule has 0 saturated carbocycles. The average Bonchev–Trinajstić information content (AvgIpc) is 2.01. The lowest BCUT2D eigenvalue weighted by molar-refractivity contribution is 0.305. The molecule has 0 aromatic carbocycles. The molecule has 0 saturated heterocycles. The van der Waals surface area contributed by atoms with E-state index < -0.39 is 0 Å². The Labute approximate surface area is 82.7 Å². The van der Waals surface area contributed by atoms with Crippen molar-refractivity contribution < 1.29 is 0 Å². The summed E-state index contributed by atoms with van der Waals surface area (Å²) in [5.74, 6) is 3.30. The maximum Gasteiger partial charge on any atom is 0.0596 e. The predicted molar refractivity (Wildman–Crippen MR) is 58.6 cm³/mol. The second-order valence-electron chi connectivity index (χ2n) is 4.07. The quantitative estimate of drug-likeness (QED) is 0.621. The molecular weight excluding hydrogens is 160 g/mol. The number of terminal acetylenes is 1. The summed E-state index contributed by atoms with van der Waals surface area (Å²) in [5.41, 5.74) is 0.